The molecule has 1 aliphatic heterocycles. The fourth-order valence-electron chi connectivity index (χ4n) is 3.18. The fourth-order valence-corrected chi connectivity index (χ4v) is 3.18. The predicted molar refractivity (Wildman–Crippen MR) is 124 cm³/mol. The van der Waals surface area contributed by atoms with Gasteiger partial charge in [0.25, 0.3) is 0 Å². The van der Waals surface area contributed by atoms with Gasteiger partial charge in [-0.3, -0.25) is 4.99 Å². The zero-order valence-electron chi connectivity index (χ0n) is 17.0. The highest BCUT2D eigenvalue weighted by atomic mass is 127. The van der Waals surface area contributed by atoms with Crippen molar-refractivity contribution in [1.82, 2.24) is 15.6 Å². The highest BCUT2D eigenvalue weighted by molar-refractivity contribution is 14.0. The SMILES string of the molecule is CCCCCCC(C)NC(=NC)NCc1cccnc1N1CCOCC1.I. The first-order valence-electron chi connectivity index (χ1n) is 9.98. The van der Waals surface area contributed by atoms with Crippen LogP contribution in [0.15, 0.2) is 23.3 Å². The van der Waals surface area contributed by atoms with Crippen LogP contribution in [0.3, 0.4) is 0 Å². The second-order valence-electron chi connectivity index (χ2n) is 6.91. The maximum atomic E-state index is 5.45. The molecule has 1 atom stereocenters. The Labute approximate surface area is 181 Å². The first kappa shape index (κ1) is 23.9. The van der Waals surface area contributed by atoms with Crippen molar-refractivity contribution >= 4 is 35.8 Å². The lowest BCUT2D eigenvalue weighted by Gasteiger charge is -2.29. The summed E-state index contributed by atoms with van der Waals surface area (Å²) in [6.07, 6.45) is 8.22. The molecule has 1 aromatic heterocycles. The number of morpholine rings is 1. The minimum atomic E-state index is 0. The number of hydrogen-bond donors (Lipinski definition) is 2. The van der Waals surface area contributed by atoms with Crippen LogP contribution in [-0.2, 0) is 11.3 Å². The van der Waals surface area contributed by atoms with Crippen LogP contribution in [0.1, 0.15) is 51.5 Å². The van der Waals surface area contributed by atoms with Crippen molar-refractivity contribution in [2.24, 2.45) is 4.99 Å². The number of halogens is 1. The van der Waals surface area contributed by atoms with Gasteiger partial charge in [-0.2, -0.15) is 0 Å². The molecule has 154 valence electrons. The van der Waals surface area contributed by atoms with E-state index in [0.29, 0.717) is 12.6 Å². The predicted octanol–water partition coefficient (Wildman–Crippen LogP) is 3.56. The molecule has 0 bridgehead atoms. The van der Waals surface area contributed by atoms with Crippen LogP contribution in [0, 0.1) is 0 Å². The number of pyridine rings is 1. The average molecular weight is 489 g/mol. The standard InChI is InChI=1S/C20H35N5O.HI/c1-4-5-6-7-9-17(2)24-20(21-3)23-16-18-10-8-11-22-19(18)25-12-14-26-15-13-25;/h8,10-11,17H,4-7,9,12-16H2,1-3H3,(H2,21,23,24);1H. The smallest absolute Gasteiger partial charge is 0.191 e. The summed E-state index contributed by atoms with van der Waals surface area (Å²) in [4.78, 5) is 11.3. The topological polar surface area (TPSA) is 61.8 Å². The van der Waals surface area contributed by atoms with Gasteiger partial charge in [-0.05, 0) is 19.4 Å². The molecule has 0 saturated carbocycles. The van der Waals surface area contributed by atoms with Crippen molar-refractivity contribution in [3.8, 4) is 0 Å². The van der Waals surface area contributed by atoms with Gasteiger partial charge in [0.1, 0.15) is 5.82 Å². The van der Waals surface area contributed by atoms with Crippen LogP contribution in [0.4, 0.5) is 5.82 Å². The zero-order valence-corrected chi connectivity index (χ0v) is 19.4. The second-order valence-corrected chi connectivity index (χ2v) is 6.91. The van der Waals surface area contributed by atoms with E-state index >= 15 is 0 Å². The van der Waals surface area contributed by atoms with Crippen LogP contribution in [0.2, 0.25) is 0 Å². The lowest BCUT2D eigenvalue weighted by molar-refractivity contribution is 0.122. The number of guanidine groups is 1. The van der Waals surface area contributed by atoms with E-state index in [1.54, 1.807) is 0 Å². The molecule has 1 fully saturated rings. The molecule has 0 amide bonds. The van der Waals surface area contributed by atoms with Crippen molar-refractivity contribution in [1.29, 1.82) is 0 Å². The summed E-state index contributed by atoms with van der Waals surface area (Å²) in [5.74, 6) is 1.90. The number of unbranched alkanes of at least 4 members (excludes halogenated alkanes) is 3. The van der Waals surface area contributed by atoms with Crippen molar-refractivity contribution in [3.63, 3.8) is 0 Å². The molecule has 1 saturated heterocycles. The Balaban J connectivity index is 0.00000364. The maximum absolute atomic E-state index is 5.45. The first-order chi connectivity index (χ1) is 12.7. The van der Waals surface area contributed by atoms with E-state index in [0.717, 1.165) is 38.1 Å². The zero-order chi connectivity index (χ0) is 18.6. The summed E-state index contributed by atoms with van der Waals surface area (Å²) in [6, 6.07) is 4.55. The molecule has 0 radical (unpaired) electrons. The Morgan fingerprint density at radius 2 is 2.07 bits per heavy atom. The minimum absolute atomic E-state index is 0. The molecule has 0 aliphatic carbocycles. The van der Waals surface area contributed by atoms with Gasteiger partial charge in [-0.25, -0.2) is 4.98 Å². The van der Waals surface area contributed by atoms with Gasteiger partial charge >= 0.3 is 0 Å². The molecule has 1 unspecified atom stereocenters. The molecule has 0 aromatic carbocycles. The summed E-state index contributed by atoms with van der Waals surface area (Å²) in [5, 5.41) is 6.94. The second kappa shape index (κ2) is 14.0. The third-order valence-corrected chi connectivity index (χ3v) is 4.72. The monoisotopic (exact) mass is 489 g/mol. The molecule has 2 N–H and O–H groups in total. The van der Waals surface area contributed by atoms with Crippen molar-refractivity contribution < 1.29 is 4.74 Å². The van der Waals surface area contributed by atoms with E-state index in [4.69, 9.17) is 4.74 Å². The van der Waals surface area contributed by atoms with Gasteiger partial charge in [-0.15, -0.1) is 24.0 Å². The van der Waals surface area contributed by atoms with E-state index in [1.165, 1.54) is 37.7 Å². The fraction of sp³-hybridized carbons (Fsp3) is 0.700. The molecular formula is C20H36IN5O. The average Bonchev–Trinajstić information content (AvgIpc) is 2.69. The number of ether oxygens (including phenoxy) is 1. The number of nitrogens with one attached hydrogen (secondary N) is 2. The van der Waals surface area contributed by atoms with E-state index in [2.05, 4.69) is 45.4 Å². The van der Waals surface area contributed by atoms with Crippen molar-refractivity contribution in [2.75, 3.05) is 38.3 Å². The molecule has 1 aromatic rings. The van der Waals surface area contributed by atoms with Crippen LogP contribution < -0.4 is 15.5 Å². The van der Waals surface area contributed by atoms with Gasteiger partial charge in [0.15, 0.2) is 5.96 Å². The van der Waals surface area contributed by atoms with E-state index in [9.17, 15) is 0 Å². The van der Waals surface area contributed by atoms with E-state index in [1.807, 2.05) is 19.3 Å². The molecule has 7 heteroatoms. The van der Waals surface area contributed by atoms with E-state index < -0.39 is 0 Å². The van der Waals surface area contributed by atoms with Gasteiger partial charge in [0.2, 0.25) is 0 Å². The van der Waals surface area contributed by atoms with E-state index in [-0.39, 0.29) is 24.0 Å². The van der Waals surface area contributed by atoms with Gasteiger partial charge < -0.3 is 20.3 Å². The maximum Gasteiger partial charge on any atom is 0.191 e. The Morgan fingerprint density at radius 1 is 1.30 bits per heavy atom. The summed E-state index contributed by atoms with van der Waals surface area (Å²) in [5.41, 5.74) is 1.19. The lowest BCUT2D eigenvalue weighted by atomic mass is 10.1. The largest absolute Gasteiger partial charge is 0.378 e. The summed E-state index contributed by atoms with van der Waals surface area (Å²) in [6.45, 7) is 8.50. The number of aromatic nitrogens is 1. The third kappa shape index (κ3) is 8.64. The number of rotatable bonds is 9. The molecule has 2 heterocycles. The van der Waals surface area contributed by atoms with Crippen LogP contribution in [0.5, 0.6) is 0 Å². The Bertz CT molecular complexity index is 549. The van der Waals surface area contributed by atoms with Gasteiger partial charge in [0, 0.05) is 44.5 Å². The van der Waals surface area contributed by atoms with Crippen LogP contribution in [0.25, 0.3) is 0 Å². The molecule has 1 aliphatic rings. The molecule has 27 heavy (non-hydrogen) atoms. The molecule has 2 rings (SSSR count). The molecule has 6 nitrogen and oxygen atoms in total. The highest BCUT2D eigenvalue weighted by Gasteiger charge is 2.16. The summed E-state index contributed by atoms with van der Waals surface area (Å²) in [7, 11) is 1.82. The van der Waals surface area contributed by atoms with Gasteiger partial charge in [0.05, 0.1) is 13.2 Å². The van der Waals surface area contributed by atoms with Crippen molar-refractivity contribution in [3.05, 3.63) is 23.9 Å². The molecule has 0 spiro atoms. The first-order valence-corrected chi connectivity index (χ1v) is 9.98. The Kier molecular flexibility index (Phi) is 12.4. The lowest BCUT2D eigenvalue weighted by Crippen LogP contribution is -2.42. The van der Waals surface area contributed by atoms with Crippen LogP contribution >= 0.6 is 24.0 Å². The number of aliphatic imine (C=N–C) groups is 1. The summed E-state index contributed by atoms with van der Waals surface area (Å²) < 4.78 is 5.45. The number of anilines is 1. The normalized spacial score (nSPS) is 15.8. The van der Waals surface area contributed by atoms with Crippen LogP contribution in [-0.4, -0.2) is 50.3 Å². The third-order valence-electron chi connectivity index (χ3n) is 4.72. The number of nitrogens with zero attached hydrogens (tertiary/aromatic N) is 3. The molecular weight excluding hydrogens is 453 g/mol. The van der Waals surface area contributed by atoms with Gasteiger partial charge in [-0.1, -0.05) is 38.7 Å². The Hall–Kier alpha value is -1.09. The number of hydrogen-bond acceptors (Lipinski definition) is 4. The Morgan fingerprint density at radius 3 is 2.78 bits per heavy atom. The highest BCUT2D eigenvalue weighted by Crippen LogP contribution is 2.18. The van der Waals surface area contributed by atoms with Crippen molar-refractivity contribution in [2.45, 2.75) is 58.5 Å². The minimum Gasteiger partial charge on any atom is -0.378 e. The quantitative estimate of drug-likeness (QED) is 0.241. The summed E-state index contributed by atoms with van der Waals surface area (Å²) >= 11 is 0.